The van der Waals surface area contributed by atoms with Gasteiger partial charge in [-0.25, -0.2) is 19.7 Å². The standard InChI is InChI=1S/C26H36N2O4/c1-3-5-6-7-10-13-25(29)32-31-24-20-27-26(28-21-24)23-16-14-22(15-17-23)12-9-8-11-19-30-18-4-2/h7,10,14-17,20-21H,3-6,8-9,11-13,18-19H2,1-2H3. The fourth-order valence-corrected chi connectivity index (χ4v) is 3.03. The van der Waals surface area contributed by atoms with E-state index in [-0.39, 0.29) is 12.2 Å². The van der Waals surface area contributed by atoms with Crippen LogP contribution in [0.5, 0.6) is 5.75 Å². The summed E-state index contributed by atoms with van der Waals surface area (Å²) in [5, 5.41) is 0. The number of hydrogen-bond acceptors (Lipinski definition) is 6. The van der Waals surface area contributed by atoms with Crippen molar-refractivity contribution >= 4 is 5.97 Å². The fraction of sp³-hybridized carbons (Fsp3) is 0.500. The maximum absolute atomic E-state index is 11.7. The molecule has 0 amide bonds. The molecule has 1 aromatic carbocycles. The predicted molar refractivity (Wildman–Crippen MR) is 126 cm³/mol. The lowest BCUT2D eigenvalue weighted by Gasteiger charge is -2.06. The van der Waals surface area contributed by atoms with E-state index in [1.165, 1.54) is 24.4 Å². The van der Waals surface area contributed by atoms with E-state index in [4.69, 9.17) is 14.5 Å². The van der Waals surface area contributed by atoms with Gasteiger partial charge in [0.1, 0.15) is 0 Å². The molecule has 0 saturated heterocycles. The van der Waals surface area contributed by atoms with Crippen LogP contribution in [0.4, 0.5) is 0 Å². The molecule has 0 radical (unpaired) electrons. The van der Waals surface area contributed by atoms with Crippen molar-refractivity contribution in [1.29, 1.82) is 0 Å². The number of allylic oxidation sites excluding steroid dienone is 1. The van der Waals surface area contributed by atoms with Crippen LogP contribution in [0.3, 0.4) is 0 Å². The number of unbranched alkanes of at least 4 members (excludes halogenated alkanes) is 4. The highest BCUT2D eigenvalue weighted by Crippen LogP contribution is 2.18. The number of hydrogen-bond donors (Lipinski definition) is 0. The largest absolute Gasteiger partial charge is 0.381 e. The first-order chi connectivity index (χ1) is 15.7. The van der Waals surface area contributed by atoms with Crippen molar-refractivity contribution in [3.8, 4) is 17.1 Å². The average Bonchev–Trinajstić information content (AvgIpc) is 2.83. The molecule has 0 atom stereocenters. The minimum Gasteiger partial charge on any atom is -0.381 e. The normalized spacial score (nSPS) is 11.1. The molecule has 6 nitrogen and oxygen atoms in total. The predicted octanol–water partition coefficient (Wildman–Crippen LogP) is 6.26. The molecule has 0 spiro atoms. The second-order valence-electron chi connectivity index (χ2n) is 7.72. The number of aromatic nitrogens is 2. The van der Waals surface area contributed by atoms with Crippen molar-refractivity contribution < 1.29 is 19.3 Å². The molecule has 2 rings (SSSR count). The number of carbonyl (C=O) groups excluding carboxylic acids is 1. The number of aryl methyl sites for hydroxylation is 1. The van der Waals surface area contributed by atoms with E-state index in [1.54, 1.807) is 6.08 Å². The van der Waals surface area contributed by atoms with Gasteiger partial charge in [0.05, 0.1) is 18.8 Å². The quantitative estimate of drug-likeness (QED) is 0.133. The lowest BCUT2D eigenvalue weighted by Crippen LogP contribution is -2.07. The minimum absolute atomic E-state index is 0.182. The summed E-state index contributed by atoms with van der Waals surface area (Å²) in [5.74, 6) is 0.435. The highest BCUT2D eigenvalue weighted by molar-refractivity contribution is 5.70. The summed E-state index contributed by atoms with van der Waals surface area (Å²) in [6.07, 6.45) is 15.8. The molecule has 32 heavy (non-hydrogen) atoms. The van der Waals surface area contributed by atoms with Gasteiger partial charge in [0.2, 0.25) is 5.75 Å². The number of carbonyl (C=O) groups is 1. The number of nitrogens with zero attached hydrogens (tertiary/aromatic N) is 2. The van der Waals surface area contributed by atoms with Crippen LogP contribution in [0.15, 0.2) is 48.8 Å². The summed E-state index contributed by atoms with van der Waals surface area (Å²) in [5.41, 5.74) is 2.24. The zero-order valence-electron chi connectivity index (χ0n) is 19.4. The number of ether oxygens (including phenoxy) is 1. The van der Waals surface area contributed by atoms with Crippen LogP contribution < -0.4 is 4.89 Å². The molecule has 0 N–H and O–H groups in total. The third-order valence-corrected chi connectivity index (χ3v) is 4.85. The molecule has 0 aliphatic heterocycles. The second-order valence-corrected chi connectivity index (χ2v) is 7.72. The van der Waals surface area contributed by atoms with Crippen molar-refractivity contribution in [2.24, 2.45) is 0 Å². The Labute approximate surface area is 192 Å². The van der Waals surface area contributed by atoms with Crippen LogP contribution >= 0.6 is 0 Å². The van der Waals surface area contributed by atoms with E-state index < -0.39 is 5.97 Å². The van der Waals surface area contributed by atoms with Gasteiger partial charge in [-0.3, -0.25) is 4.89 Å². The van der Waals surface area contributed by atoms with Gasteiger partial charge < -0.3 is 4.74 Å². The summed E-state index contributed by atoms with van der Waals surface area (Å²) in [7, 11) is 0. The number of rotatable bonds is 16. The Hall–Kier alpha value is -2.73. The number of benzene rings is 1. The third-order valence-electron chi connectivity index (χ3n) is 4.85. The van der Waals surface area contributed by atoms with Crippen LogP contribution in [-0.2, 0) is 20.8 Å². The molecule has 0 saturated carbocycles. The van der Waals surface area contributed by atoms with E-state index in [2.05, 4.69) is 35.9 Å². The van der Waals surface area contributed by atoms with Crippen LogP contribution in [-0.4, -0.2) is 29.2 Å². The zero-order valence-corrected chi connectivity index (χ0v) is 19.4. The van der Waals surface area contributed by atoms with Crippen LogP contribution in [0, 0.1) is 0 Å². The summed E-state index contributed by atoms with van der Waals surface area (Å²) in [4.78, 5) is 30.1. The molecule has 1 heterocycles. The Balaban J connectivity index is 1.70. The van der Waals surface area contributed by atoms with Crippen molar-refractivity contribution in [2.75, 3.05) is 13.2 Å². The smallest absolute Gasteiger partial charge is 0.359 e. The third kappa shape index (κ3) is 10.5. The molecule has 0 bridgehead atoms. The van der Waals surface area contributed by atoms with Crippen LogP contribution in [0.2, 0.25) is 0 Å². The Morgan fingerprint density at radius 3 is 2.41 bits per heavy atom. The second kappa shape index (κ2) is 16.0. The highest BCUT2D eigenvalue weighted by Gasteiger charge is 2.06. The van der Waals surface area contributed by atoms with Gasteiger partial charge in [0.15, 0.2) is 5.82 Å². The Morgan fingerprint density at radius 1 is 0.906 bits per heavy atom. The molecule has 2 aromatic rings. The van der Waals surface area contributed by atoms with Crippen molar-refractivity contribution in [1.82, 2.24) is 9.97 Å². The van der Waals surface area contributed by atoms with E-state index in [0.717, 1.165) is 63.7 Å². The molecule has 0 unspecified atom stereocenters. The van der Waals surface area contributed by atoms with E-state index in [9.17, 15) is 4.79 Å². The minimum atomic E-state index is -0.453. The molecular weight excluding hydrogens is 404 g/mol. The molecule has 0 aliphatic rings. The monoisotopic (exact) mass is 440 g/mol. The van der Waals surface area contributed by atoms with Crippen LogP contribution in [0.1, 0.15) is 70.8 Å². The lowest BCUT2D eigenvalue weighted by molar-refractivity contribution is -0.212. The SMILES string of the molecule is CCCCC=CCC(=O)OOc1cnc(-c2ccc(CCCCCOCCC)cc2)nc1. The van der Waals surface area contributed by atoms with Gasteiger partial charge in [-0.15, -0.1) is 0 Å². The van der Waals surface area contributed by atoms with E-state index in [1.807, 2.05) is 18.2 Å². The highest BCUT2D eigenvalue weighted by atomic mass is 17.2. The van der Waals surface area contributed by atoms with E-state index in [0.29, 0.717) is 5.82 Å². The van der Waals surface area contributed by atoms with Crippen molar-refractivity contribution in [3.05, 3.63) is 54.4 Å². The van der Waals surface area contributed by atoms with Gasteiger partial charge >= 0.3 is 5.97 Å². The Morgan fingerprint density at radius 2 is 1.69 bits per heavy atom. The van der Waals surface area contributed by atoms with Crippen molar-refractivity contribution in [2.45, 2.75) is 71.6 Å². The molecule has 6 heteroatoms. The average molecular weight is 441 g/mol. The summed E-state index contributed by atoms with van der Waals surface area (Å²) < 4.78 is 5.51. The first-order valence-corrected chi connectivity index (χ1v) is 11.7. The summed E-state index contributed by atoms with van der Waals surface area (Å²) >= 11 is 0. The molecular formula is C26H36N2O4. The molecule has 0 fully saturated rings. The van der Waals surface area contributed by atoms with E-state index >= 15 is 0 Å². The van der Waals surface area contributed by atoms with Crippen LogP contribution in [0.25, 0.3) is 11.4 Å². The molecule has 0 aliphatic carbocycles. The molecule has 1 aromatic heterocycles. The topological polar surface area (TPSA) is 70.5 Å². The lowest BCUT2D eigenvalue weighted by atomic mass is 10.0. The Bertz CT molecular complexity index is 788. The maximum atomic E-state index is 11.7. The first kappa shape index (κ1) is 25.5. The summed E-state index contributed by atoms with van der Waals surface area (Å²) in [6.45, 7) is 5.98. The zero-order chi connectivity index (χ0) is 22.9. The van der Waals surface area contributed by atoms with Gasteiger partial charge in [-0.1, -0.05) is 69.5 Å². The van der Waals surface area contributed by atoms with Gasteiger partial charge in [-0.05, 0) is 37.7 Å². The van der Waals surface area contributed by atoms with Gasteiger partial charge in [0, 0.05) is 18.8 Å². The van der Waals surface area contributed by atoms with Gasteiger partial charge in [-0.2, -0.15) is 0 Å². The fourth-order valence-electron chi connectivity index (χ4n) is 3.03. The molecule has 174 valence electrons. The first-order valence-electron chi connectivity index (χ1n) is 11.7. The Kier molecular flexibility index (Phi) is 12.7. The maximum Gasteiger partial charge on any atom is 0.359 e. The summed E-state index contributed by atoms with van der Waals surface area (Å²) in [6, 6.07) is 8.29. The van der Waals surface area contributed by atoms with Gasteiger partial charge in [0.25, 0.3) is 0 Å². The van der Waals surface area contributed by atoms with Crippen molar-refractivity contribution in [3.63, 3.8) is 0 Å².